The smallest absolute Gasteiger partial charge is 0.291 e. The molecule has 1 N–H and O–H groups in total. The van der Waals surface area contributed by atoms with E-state index in [-0.39, 0.29) is 23.4 Å². The highest BCUT2D eigenvalue weighted by atomic mass is 16.5. The first-order valence-corrected chi connectivity index (χ1v) is 7.86. The van der Waals surface area contributed by atoms with Crippen molar-refractivity contribution in [2.45, 2.75) is 50.2 Å². The number of ether oxygens (including phenoxy) is 1. The molecule has 116 valence electrons. The number of hydrogen-bond acceptors (Lipinski definition) is 5. The van der Waals surface area contributed by atoms with Crippen molar-refractivity contribution in [1.29, 1.82) is 0 Å². The number of rotatable bonds is 2. The minimum atomic E-state index is -0.257. The van der Waals surface area contributed by atoms with Gasteiger partial charge in [0, 0.05) is 12.4 Å². The SMILES string of the molecule is O=C(N[C@@H]1COC2(CCCCC2)C1)c1nc2ncccn2n1. The Morgan fingerprint density at radius 3 is 3.05 bits per heavy atom. The normalized spacial score (nSPS) is 23.9. The molecule has 1 atom stereocenters. The van der Waals surface area contributed by atoms with Crippen molar-refractivity contribution in [3.05, 3.63) is 24.3 Å². The van der Waals surface area contributed by atoms with Gasteiger partial charge in [-0.1, -0.05) is 19.3 Å². The van der Waals surface area contributed by atoms with Crippen LogP contribution in [0.15, 0.2) is 18.5 Å². The molecule has 0 aromatic carbocycles. The van der Waals surface area contributed by atoms with Crippen molar-refractivity contribution in [2.75, 3.05) is 6.61 Å². The Morgan fingerprint density at radius 2 is 2.23 bits per heavy atom. The summed E-state index contributed by atoms with van der Waals surface area (Å²) in [4.78, 5) is 20.5. The predicted molar refractivity (Wildman–Crippen MR) is 78.4 cm³/mol. The van der Waals surface area contributed by atoms with Crippen molar-refractivity contribution in [2.24, 2.45) is 0 Å². The van der Waals surface area contributed by atoms with E-state index in [4.69, 9.17) is 4.74 Å². The first kappa shape index (κ1) is 13.6. The fraction of sp³-hybridized carbons (Fsp3) is 0.600. The summed E-state index contributed by atoms with van der Waals surface area (Å²) in [5, 5.41) is 7.15. The molecule has 2 fully saturated rings. The van der Waals surface area contributed by atoms with E-state index in [1.807, 2.05) is 0 Å². The third-order valence-electron chi connectivity index (χ3n) is 4.63. The second-order valence-electron chi connectivity index (χ2n) is 6.23. The molecule has 0 radical (unpaired) electrons. The largest absolute Gasteiger partial charge is 0.373 e. The fourth-order valence-electron chi connectivity index (χ4n) is 3.56. The number of aromatic nitrogens is 4. The lowest BCUT2D eigenvalue weighted by Crippen LogP contribution is -2.37. The van der Waals surface area contributed by atoms with Gasteiger partial charge < -0.3 is 10.1 Å². The van der Waals surface area contributed by atoms with Crippen molar-refractivity contribution < 1.29 is 9.53 Å². The van der Waals surface area contributed by atoms with Gasteiger partial charge in [0.1, 0.15) is 0 Å². The van der Waals surface area contributed by atoms with Crippen LogP contribution in [-0.4, -0.2) is 43.7 Å². The van der Waals surface area contributed by atoms with Gasteiger partial charge in [0.05, 0.1) is 18.2 Å². The second-order valence-corrected chi connectivity index (χ2v) is 6.23. The highest BCUT2D eigenvalue weighted by molar-refractivity contribution is 5.91. The summed E-state index contributed by atoms with van der Waals surface area (Å²) in [6.45, 7) is 0.581. The van der Waals surface area contributed by atoms with Crippen LogP contribution in [0.1, 0.15) is 49.1 Å². The van der Waals surface area contributed by atoms with Gasteiger partial charge in [-0.3, -0.25) is 4.79 Å². The molecule has 7 nitrogen and oxygen atoms in total. The maximum atomic E-state index is 12.3. The molecular weight excluding hydrogens is 282 g/mol. The van der Waals surface area contributed by atoms with Gasteiger partial charge in [-0.05, 0) is 25.3 Å². The van der Waals surface area contributed by atoms with Crippen molar-refractivity contribution in [1.82, 2.24) is 24.9 Å². The third kappa shape index (κ3) is 2.45. The van der Waals surface area contributed by atoms with Gasteiger partial charge in [0.15, 0.2) is 0 Å². The van der Waals surface area contributed by atoms with Gasteiger partial charge >= 0.3 is 0 Å². The Hall–Kier alpha value is -2.02. The molecule has 2 aliphatic rings. The number of nitrogens with zero attached hydrogens (tertiary/aromatic N) is 4. The van der Waals surface area contributed by atoms with E-state index in [1.165, 1.54) is 23.8 Å². The van der Waals surface area contributed by atoms with Crippen LogP contribution in [0.5, 0.6) is 0 Å². The Balaban J connectivity index is 1.44. The number of amides is 1. The number of fused-ring (bicyclic) bond motifs is 1. The Morgan fingerprint density at radius 1 is 1.36 bits per heavy atom. The van der Waals surface area contributed by atoms with Crippen LogP contribution in [0.4, 0.5) is 0 Å². The van der Waals surface area contributed by atoms with Crippen molar-refractivity contribution in [3.63, 3.8) is 0 Å². The average molecular weight is 301 g/mol. The highest BCUT2D eigenvalue weighted by Crippen LogP contribution is 2.39. The zero-order chi connectivity index (χ0) is 15.0. The number of hydrogen-bond donors (Lipinski definition) is 1. The van der Waals surface area contributed by atoms with E-state index in [2.05, 4.69) is 20.4 Å². The Bertz CT molecular complexity index is 659. The van der Waals surface area contributed by atoms with E-state index < -0.39 is 0 Å². The summed E-state index contributed by atoms with van der Waals surface area (Å²) < 4.78 is 7.52. The molecule has 1 spiro atoms. The molecule has 7 heteroatoms. The quantitative estimate of drug-likeness (QED) is 0.905. The predicted octanol–water partition coefficient (Wildman–Crippen LogP) is 1.35. The van der Waals surface area contributed by atoms with Gasteiger partial charge in [0.25, 0.3) is 11.7 Å². The lowest BCUT2D eigenvalue weighted by molar-refractivity contribution is -0.0246. The molecule has 1 saturated heterocycles. The van der Waals surface area contributed by atoms with Gasteiger partial charge in [0.2, 0.25) is 5.82 Å². The van der Waals surface area contributed by atoms with E-state index in [1.54, 1.807) is 18.5 Å². The van der Waals surface area contributed by atoms with Gasteiger partial charge in [-0.25, -0.2) is 9.50 Å². The Labute approximate surface area is 128 Å². The number of carbonyl (C=O) groups excluding carboxylic acids is 1. The lowest BCUT2D eigenvalue weighted by Gasteiger charge is -2.32. The Kier molecular flexibility index (Phi) is 3.29. The maximum Gasteiger partial charge on any atom is 0.291 e. The van der Waals surface area contributed by atoms with Crippen molar-refractivity contribution in [3.8, 4) is 0 Å². The zero-order valence-corrected chi connectivity index (χ0v) is 12.4. The minimum Gasteiger partial charge on any atom is -0.373 e. The fourth-order valence-corrected chi connectivity index (χ4v) is 3.56. The standard InChI is InChI=1S/C15H19N5O2/c21-13(12-18-14-16-7-4-8-20(14)19-12)17-11-9-15(22-10-11)5-2-1-3-6-15/h4,7-8,11H,1-3,5-6,9-10H2,(H,17,21)/t11-/m0/s1. The zero-order valence-electron chi connectivity index (χ0n) is 12.4. The topological polar surface area (TPSA) is 81.4 Å². The minimum absolute atomic E-state index is 0.00983. The first-order chi connectivity index (χ1) is 10.7. The van der Waals surface area contributed by atoms with Crippen LogP contribution >= 0.6 is 0 Å². The number of carbonyl (C=O) groups is 1. The van der Waals surface area contributed by atoms with Crippen LogP contribution < -0.4 is 5.32 Å². The molecule has 1 amide bonds. The van der Waals surface area contributed by atoms with Crippen LogP contribution in [0.3, 0.4) is 0 Å². The third-order valence-corrected chi connectivity index (χ3v) is 4.63. The molecule has 4 rings (SSSR count). The van der Waals surface area contributed by atoms with Crippen molar-refractivity contribution >= 4 is 11.7 Å². The summed E-state index contributed by atoms with van der Waals surface area (Å²) in [6.07, 6.45) is 10.2. The monoisotopic (exact) mass is 301 g/mol. The summed E-state index contributed by atoms with van der Waals surface area (Å²) in [5.41, 5.74) is -0.00983. The van der Waals surface area contributed by atoms with Crippen LogP contribution in [0.25, 0.3) is 5.78 Å². The number of nitrogens with one attached hydrogen (secondary N) is 1. The molecule has 2 aromatic heterocycles. The molecule has 1 saturated carbocycles. The highest BCUT2D eigenvalue weighted by Gasteiger charge is 2.41. The molecule has 2 aromatic rings. The summed E-state index contributed by atoms with van der Waals surface area (Å²) >= 11 is 0. The van der Waals surface area contributed by atoms with E-state index in [0.717, 1.165) is 19.3 Å². The van der Waals surface area contributed by atoms with E-state index >= 15 is 0 Å². The van der Waals surface area contributed by atoms with Gasteiger partial charge in [-0.15, -0.1) is 5.10 Å². The first-order valence-electron chi connectivity index (χ1n) is 7.86. The second kappa shape index (κ2) is 5.31. The van der Waals surface area contributed by atoms with Crippen LogP contribution in [0, 0.1) is 0 Å². The molecule has 3 heterocycles. The van der Waals surface area contributed by atoms with Crippen LogP contribution in [0.2, 0.25) is 0 Å². The molecule has 1 aliphatic heterocycles. The van der Waals surface area contributed by atoms with Gasteiger partial charge in [-0.2, -0.15) is 4.98 Å². The lowest BCUT2D eigenvalue weighted by atomic mass is 9.82. The molecule has 0 unspecified atom stereocenters. The molecule has 0 bridgehead atoms. The summed E-state index contributed by atoms with van der Waals surface area (Å²) in [7, 11) is 0. The average Bonchev–Trinajstić information content (AvgIpc) is 3.13. The van der Waals surface area contributed by atoms with E-state index in [0.29, 0.717) is 12.4 Å². The molecular formula is C15H19N5O2. The summed E-state index contributed by atoms with van der Waals surface area (Å²) in [5.74, 6) is 0.328. The summed E-state index contributed by atoms with van der Waals surface area (Å²) in [6, 6.07) is 1.80. The van der Waals surface area contributed by atoms with E-state index in [9.17, 15) is 4.79 Å². The molecule has 22 heavy (non-hydrogen) atoms. The maximum absolute atomic E-state index is 12.3. The van der Waals surface area contributed by atoms with Crippen LogP contribution in [-0.2, 0) is 4.74 Å². The molecule has 1 aliphatic carbocycles.